The molecule has 0 radical (unpaired) electrons. The number of nitrogen functional groups attached to an aromatic ring is 1. The van der Waals surface area contributed by atoms with Gasteiger partial charge < -0.3 is 11.1 Å². The standard InChI is InChI=1S/C19H16F3N5O3S/c1-12-7-8-14(9-16(12)17(28)26-13-10-24-18(23)25-11-13)27(19(20,21)22)31(29,30)15-5-3-2-4-6-15/h2-11H,1H3,(H,26,28)(H2,23,24,25). The first-order valence-electron chi connectivity index (χ1n) is 8.67. The third kappa shape index (κ3) is 4.74. The van der Waals surface area contributed by atoms with Gasteiger partial charge in [0.15, 0.2) is 0 Å². The fraction of sp³-hybridized carbons (Fsp3) is 0.105. The number of sulfonamides is 1. The normalized spacial score (nSPS) is 11.7. The smallest absolute Gasteiger partial charge is 0.368 e. The monoisotopic (exact) mass is 451 g/mol. The Balaban J connectivity index is 2.04. The Morgan fingerprint density at radius 2 is 1.68 bits per heavy atom. The second kappa shape index (κ2) is 8.22. The third-order valence-corrected chi connectivity index (χ3v) is 5.91. The average molecular weight is 451 g/mol. The zero-order chi connectivity index (χ0) is 22.8. The number of benzene rings is 2. The molecule has 0 spiro atoms. The summed E-state index contributed by atoms with van der Waals surface area (Å²) in [5, 5.41) is 2.43. The molecule has 1 amide bonds. The van der Waals surface area contributed by atoms with E-state index in [0.717, 1.165) is 24.3 Å². The van der Waals surface area contributed by atoms with Crippen molar-refractivity contribution in [2.24, 2.45) is 0 Å². The van der Waals surface area contributed by atoms with Crippen molar-refractivity contribution in [3.63, 3.8) is 0 Å². The molecule has 0 aliphatic heterocycles. The van der Waals surface area contributed by atoms with E-state index in [0.29, 0.717) is 5.56 Å². The molecule has 0 aliphatic rings. The van der Waals surface area contributed by atoms with E-state index < -0.39 is 37.1 Å². The van der Waals surface area contributed by atoms with Crippen molar-refractivity contribution in [1.29, 1.82) is 0 Å². The maximum Gasteiger partial charge on any atom is 0.498 e. The molecule has 0 bridgehead atoms. The summed E-state index contributed by atoms with van der Waals surface area (Å²) in [6.07, 6.45) is -2.83. The Hall–Kier alpha value is -3.67. The molecule has 0 atom stereocenters. The molecule has 1 heterocycles. The van der Waals surface area contributed by atoms with Crippen LogP contribution < -0.4 is 15.4 Å². The van der Waals surface area contributed by atoms with Crippen LogP contribution in [0.2, 0.25) is 0 Å². The molecular weight excluding hydrogens is 435 g/mol. The molecule has 2 aromatic carbocycles. The Morgan fingerprint density at radius 3 is 2.26 bits per heavy atom. The van der Waals surface area contributed by atoms with E-state index >= 15 is 0 Å². The number of halogens is 3. The second-order valence-electron chi connectivity index (χ2n) is 6.33. The number of amides is 1. The van der Waals surface area contributed by atoms with Crippen molar-refractivity contribution in [3.05, 3.63) is 72.1 Å². The number of aromatic nitrogens is 2. The number of carbonyl (C=O) groups is 1. The fourth-order valence-electron chi connectivity index (χ4n) is 2.70. The SMILES string of the molecule is Cc1ccc(N(C(F)(F)F)S(=O)(=O)c2ccccc2)cc1C(=O)Nc1cnc(N)nc1. The number of carbonyl (C=O) groups excluding carboxylic acids is 1. The molecule has 8 nitrogen and oxygen atoms in total. The highest BCUT2D eigenvalue weighted by Gasteiger charge is 2.46. The summed E-state index contributed by atoms with van der Waals surface area (Å²) in [5.41, 5.74) is 4.97. The van der Waals surface area contributed by atoms with Gasteiger partial charge in [-0.1, -0.05) is 24.3 Å². The van der Waals surface area contributed by atoms with Gasteiger partial charge in [-0.15, -0.1) is 13.2 Å². The molecule has 3 N–H and O–H groups in total. The van der Waals surface area contributed by atoms with Crippen LogP contribution in [0.25, 0.3) is 0 Å². The molecule has 12 heteroatoms. The molecule has 3 aromatic rings. The van der Waals surface area contributed by atoms with Crippen LogP contribution in [-0.2, 0) is 10.0 Å². The van der Waals surface area contributed by atoms with Crippen molar-refractivity contribution >= 4 is 33.3 Å². The lowest BCUT2D eigenvalue weighted by molar-refractivity contribution is -0.115. The molecule has 0 aliphatic carbocycles. The van der Waals surface area contributed by atoms with E-state index in [1.807, 2.05) is 0 Å². The molecular formula is C19H16F3N5O3S. The number of rotatable bonds is 5. The van der Waals surface area contributed by atoms with Crippen molar-refractivity contribution in [3.8, 4) is 0 Å². The Bertz CT molecular complexity index is 1200. The molecule has 0 unspecified atom stereocenters. The van der Waals surface area contributed by atoms with Gasteiger partial charge in [-0.05, 0) is 36.8 Å². The van der Waals surface area contributed by atoms with Gasteiger partial charge in [-0.3, -0.25) is 4.79 Å². The topological polar surface area (TPSA) is 118 Å². The van der Waals surface area contributed by atoms with Crippen LogP contribution in [0.5, 0.6) is 0 Å². The first-order valence-corrected chi connectivity index (χ1v) is 10.1. The van der Waals surface area contributed by atoms with Gasteiger partial charge in [0.05, 0.1) is 28.7 Å². The maximum atomic E-state index is 13.8. The largest absolute Gasteiger partial charge is 0.498 e. The highest BCUT2D eigenvalue weighted by molar-refractivity contribution is 7.92. The minimum Gasteiger partial charge on any atom is -0.368 e. The number of nitrogens with two attached hydrogens (primary N) is 1. The molecule has 3 rings (SSSR count). The van der Waals surface area contributed by atoms with Gasteiger partial charge in [-0.25, -0.2) is 18.4 Å². The van der Waals surface area contributed by atoms with E-state index in [1.54, 1.807) is 0 Å². The number of hydrogen-bond acceptors (Lipinski definition) is 6. The Kier molecular flexibility index (Phi) is 5.84. The highest BCUT2D eigenvalue weighted by Crippen LogP contribution is 2.35. The summed E-state index contributed by atoms with van der Waals surface area (Å²) >= 11 is 0. The number of anilines is 3. The Morgan fingerprint density at radius 1 is 1.06 bits per heavy atom. The van der Waals surface area contributed by atoms with Crippen molar-refractivity contribution < 1.29 is 26.4 Å². The van der Waals surface area contributed by atoms with Crippen LogP contribution in [0.4, 0.5) is 30.5 Å². The highest BCUT2D eigenvalue weighted by atomic mass is 32.2. The van der Waals surface area contributed by atoms with Crippen molar-refractivity contribution in [1.82, 2.24) is 9.97 Å². The first-order chi connectivity index (χ1) is 14.5. The van der Waals surface area contributed by atoms with E-state index in [-0.39, 0.29) is 17.2 Å². The van der Waals surface area contributed by atoms with E-state index in [4.69, 9.17) is 5.73 Å². The average Bonchev–Trinajstić information content (AvgIpc) is 2.70. The molecule has 162 valence electrons. The maximum absolute atomic E-state index is 13.8. The molecule has 0 saturated carbocycles. The van der Waals surface area contributed by atoms with Crippen LogP contribution in [0.1, 0.15) is 15.9 Å². The van der Waals surface area contributed by atoms with Gasteiger partial charge in [0.2, 0.25) is 5.95 Å². The number of nitrogens with one attached hydrogen (secondary N) is 1. The minimum atomic E-state index is -5.28. The van der Waals surface area contributed by atoms with E-state index in [2.05, 4.69) is 15.3 Å². The molecule has 0 fully saturated rings. The van der Waals surface area contributed by atoms with Gasteiger partial charge >= 0.3 is 6.30 Å². The second-order valence-corrected chi connectivity index (χ2v) is 8.12. The number of nitrogens with zero attached hydrogens (tertiary/aromatic N) is 3. The number of hydrogen-bond donors (Lipinski definition) is 2. The summed E-state index contributed by atoms with van der Waals surface area (Å²) in [6.45, 7) is 1.50. The number of alkyl halides is 3. The summed E-state index contributed by atoms with van der Waals surface area (Å²) in [4.78, 5) is 19.5. The Labute approximate surface area is 175 Å². The molecule has 1 aromatic heterocycles. The summed E-state index contributed by atoms with van der Waals surface area (Å²) < 4.78 is 66.3. The fourth-order valence-corrected chi connectivity index (χ4v) is 4.08. The molecule has 0 saturated heterocycles. The van der Waals surface area contributed by atoms with Crippen LogP contribution in [0, 0.1) is 6.92 Å². The lowest BCUT2D eigenvalue weighted by Gasteiger charge is -2.27. The lowest BCUT2D eigenvalue weighted by atomic mass is 10.1. The van der Waals surface area contributed by atoms with Crippen LogP contribution in [0.3, 0.4) is 0 Å². The van der Waals surface area contributed by atoms with Crippen molar-refractivity contribution in [2.75, 3.05) is 15.4 Å². The van der Waals surface area contributed by atoms with Crippen LogP contribution >= 0.6 is 0 Å². The van der Waals surface area contributed by atoms with Gasteiger partial charge in [0.1, 0.15) is 0 Å². The number of aryl methyl sites for hydroxylation is 1. The minimum absolute atomic E-state index is 0.0249. The van der Waals surface area contributed by atoms with Gasteiger partial charge in [0, 0.05) is 5.56 Å². The summed E-state index contributed by atoms with van der Waals surface area (Å²) in [5.74, 6) is -0.796. The van der Waals surface area contributed by atoms with Gasteiger partial charge in [-0.2, -0.15) is 4.31 Å². The first kappa shape index (κ1) is 22.0. The lowest BCUT2D eigenvalue weighted by Crippen LogP contribution is -2.43. The predicted molar refractivity (Wildman–Crippen MR) is 108 cm³/mol. The molecule has 31 heavy (non-hydrogen) atoms. The van der Waals surface area contributed by atoms with Crippen LogP contribution in [-0.4, -0.2) is 30.6 Å². The van der Waals surface area contributed by atoms with E-state index in [9.17, 15) is 26.4 Å². The zero-order valence-electron chi connectivity index (χ0n) is 16.0. The summed E-state index contributed by atoms with van der Waals surface area (Å²) in [6, 6.07) is 9.26. The summed E-state index contributed by atoms with van der Waals surface area (Å²) in [7, 11) is -4.99. The van der Waals surface area contributed by atoms with E-state index in [1.165, 1.54) is 43.6 Å². The predicted octanol–water partition coefficient (Wildman–Crippen LogP) is 3.33. The zero-order valence-corrected chi connectivity index (χ0v) is 16.8. The quantitative estimate of drug-likeness (QED) is 0.575. The van der Waals surface area contributed by atoms with Gasteiger partial charge in [0.25, 0.3) is 15.9 Å². The third-order valence-electron chi connectivity index (χ3n) is 4.14. The van der Waals surface area contributed by atoms with Crippen molar-refractivity contribution in [2.45, 2.75) is 18.1 Å². The van der Waals surface area contributed by atoms with Crippen LogP contribution in [0.15, 0.2) is 65.8 Å².